The molecule has 0 aliphatic carbocycles. The first-order valence-electron chi connectivity index (χ1n) is 9.73. The number of hydrogen-bond donors (Lipinski definition) is 1. The van der Waals surface area contributed by atoms with Crippen molar-refractivity contribution in [2.75, 3.05) is 5.75 Å². The topological polar surface area (TPSA) is 107 Å². The maximum Gasteiger partial charge on any atom is 0.269 e. The van der Waals surface area contributed by atoms with E-state index in [-0.39, 0.29) is 22.9 Å². The molecule has 0 fully saturated rings. The third-order valence-electron chi connectivity index (χ3n) is 4.73. The number of amides is 1. The second-order valence-electron chi connectivity index (χ2n) is 6.88. The van der Waals surface area contributed by atoms with Crippen LogP contribution in [0.25, 0.3) is 16.6 Å². The van der Waals surface area contributed by atoms with Crippen molar-refractivity contribution in [3.63, 3.8) is 0 Å². The summed E-state index contributed by atoms with van der Waals surface area (Å²) >= 11 is 1.13. The number of hydrogen-bond acceptors (Lipinski definition) is 6. The van der Waals surface area contributed by atoms with Crippen molar-refractivity contribution in [3.05, 3.63) is 105 Å². The lowest BCUT2D eigenvalue weighted by atomic mass is 10.2. The lowest BCUT2D eigenvalue weighted by Gasteiger charge is -2.13. The van der Waals surface area contributed by atoms with Crippen molar-refractivity contribution in [3.8, 4) is 5.69 Å². The first-order valence-corrected chi connectivity index (χ1v) is 10.7. The Labute approximate surface area is 187 Å². The molecule has 0 spiro atoms. The summed E-state index contributed by atoms with van der Waals surface area (Å²) in [7, 11) is 0. The third-order valence-corrected chi connectivity index (χ3v) is 5.67. The normalized spacial score (nSPS) is 10.8. The maximum absolute atomic E-state index is 13.2. The summed E-state index contributed by atoms with van der Waals surface area (Å²) < 4.78 is 1.38. The summed E-state index contributed by atoms with van der Waals surface area (Å²) in [5.74, 6) is -0.138. The Hall–Kier alpha value is -3.98. The van der Waals surface area contributed by atoms with E-state index in [1.165, 1.54) is 28.8 Å². The van der Waals surface area contributed by atoms with Crippen molar-refractivity contribution < 1.29 is 9.72 Å². The molecule has 9 heteroatoms. The van der Waals surface area contributed by atoms with Gasteiger partial charge < -0.3 is 5.32 Å². The van der Waals surface area contributed by atoms with E-state index in [2.05, 4.69) is 10.3 Å². The Balaban J connectivity index is 1.62. The maximum atomic E-state index is 13.2. The number of rotatable bonds is 7. The van der Waals surface area contributed by atoms with Crippen LogP contribution in [0.15, 0.2) is 88.8 Å². The molecule has 0 unspecified atom stereocenters. The average molecular weight is 446 g/mol. The van der Waals surface area contributed by atoms with E-state index >= 15 is 0 Å². The molecule has 0 saturated carbocycles. The number of fused-ring (bicyclic) bond motifs is 1. The number of non-ortho nitro benzene ring substituents is 1. The zero-order valence-corrected chi connectivity index (χ0v) is 17.6. The predicted molar refractivity (Wildman–Crippen MR) is 123 cm³/mol. The first-order chi connectivity index (χ1) is 15.5. The van der Waals surface area contributed by atoms with E-state index in [0.29, 0.717) is 28.3 Å². The zero-order chi connectivity index (χ0) is 22.5. The fraction of sp³-hybridized carbons (Fsp3) is 0.0870. The highest BCUT2D eigenvalue weighted by Gasteiger charge is 2.16. The Kier molecular flexibility index (Phi) is 6.27. The number of nitrogens with zero attached hydrogens (tertiary/aromatic N) is 3. The van der Waals surface area contributed by atoms with Crippen LogP contribution < -0.4 is 10.9 Å². The first kappa shape index (κ1) is 21.3. The highest BCUT2D eigenvalue weighted by molar-refractivity contribution is 7.99. The molecular formula is C23H18N4O4S. The minimum absolute atomic E-state index is 0.0601. The number of benzene rings is 3. The van der Waals surface area contributed by atoms with Gasteiger partial charge in [-0.05, 0) is 29.8 Å². The molecule has 32 heavy (non-hydrogen) atoms. The van der Waals surface area contributed by atoms with E-state index in [1.54, 1.807) is 24.3 Å². The van der Waals surface area contributed by atoms with Gasteiger partial charge in [-0.3, -0.25) is 24.3 Å². The van der Waals surface area contributed by atoms with Crippen LogP contribution in [0, 0.1) is 10.1 Å². The molecule has 3 aromatic carbocycles. The smallest absolute Gasteiger partial charge is 0.269 e. The van der Waals surface area contributed by atoms with Crippen LogP contribution in [-0.2, 0) is 11.3 Å². The molecule has 0 aliphatic heterocycles. The van der Waals surface area contributed by atoms with Gasteiger partial charge in [0.2, 0.25) is 5.91 Å². The van der Waals surface area contributed by atoms with Gasteiger partial charge in [-0.25, -0.2) is 4.98 Å². The van der Waals surface area contributed by atoms with E-state index in [0.717, 1.165) is 17.3 Å². The molecule has 8 nitrogen and oxygen atoms in total. The number of thioether (sulfide) groups is 1. The van der Waals surface area contributed by atoms with Crippen LogP contribution in [0.1, 0.15) is 5.56 Å². The Morgan fingerprint density at radius 3 is 2.41 bits per heavy atom. The highest BCUT2D eigenvalue weighted by Crippen LogP contribution is 2.22. The van der Waals surface area contributed by atoms with Gasteiger partial charge >= 0.3 is 0 Å². The predicted octanol–water partition coefficient (Wildman–Crippen LogP) is 3.70. The van der Waals surface area contributed by atoms with Gasteiger partial charge in [0.05, 0.1) is 27.3 Å². The monoisotopic (exact) mass is 446 g/mol. The van der Waals surface area contributed by atoms with E-state index in [1.807, 2.05) is 30.3 Å². The van der Waals surface area contributed by atoms with E-state index in [9.17, 15) is 19.7 Å². The summed E-state index contributed by atoms with van der Waals surface area (Å²) in [4.78, 5) is 40.6. The van der Waals surface area contributed by atoms with Crippen molar-refractivity contribution in [2.45, 2.75) is 11.7 Å². The molecule has 0 atom stereocenters. The number of carbonyl (C=O) groups excluding carboxylic acids is 1. The van der Waals surface area contributed by atoms with Crippen LogP contribution in [0.3, 0.4) is 0 Å². The number of nitro groups is 1. The molecule has 1 N–H and O–H groups in total. The summed E-state index contributed by atoms with van der Waals surface area (Å²) in [5, 5.41) is 14.6. The summed E-state index contributed by atoms with van der Waals surface area (Å²) in [6.07, 6.45) is 0. The molecule has 1 amide bonds. The molecule has 0 radical (unpaired) electrons. The minimum atomic E-state index is -0.502. The molecule has 1 aromatic heterocycles. The van der Waals surface area contributed by atoms with Crippen LogP contribution in [-0.4, -0.2) is 26.1 Å². The largest absolute Gasteiger partial charge is 0.351 e. The number of carbonyl (C=O) groups is 1. The second-order valence-corrected chi connectivity index (χ2v) is 7.82. The molecule has 4 rings (SSSR count). The van der Waals surface area contributed by atoms with Crippen LogP contribution in [0.2, 0.25) is 0 Å². The van der Waals surface area contributed by atoms with E-state index in [4.69, 9.17) is 0 Å². The van der Waals surface area contributed by atoms with Gasteiger partial charge in [0.15, 0.2) is 5.16 Å². The molecule has 0 aliphatic rings. The average Bonchev–Trinajstić information content (AvgIpc) is 2.82. The molecular weight excluding hydrogens is 428 g/mol. The van der Waals surface area contributed by atoms with Gasteiger partial charge in [0.25, 0.3) is 11.2 Å². The quantitative estimate of drug-likeness (QED) is 0.201. The molecule has 0 bridgehead atoms. The number of para-hydroxylation sites is 1. The standard InChI is InChI=1S/C23H18N4O4S/c28-21(24-14-16-6-2-1-3-7-16)15-32-23-25-20-9-5-4-8-19(20)22(29)26(23)17-10-12-18(13-11-17)27(30)31/h1-13H,14-15H2,(H,24,28). The van der Waals surface area contributed by atoms with Crippen molar-refractivity contribution in [1.29, 1.82) is 0 Å². The highest BCUT2D eigenvalue weighted by atomic mass is 32.2. The second kappa shape index (κ2) is 9.44. The van der Waals surface area contributed by atoms with Crippen LogP contribution in [0.4, 0.5) is 5.69 Å². The lowest BCUT2D eigenvalue weighted by molar-refractivity contribution is -0.384. The number of nitro benzene ring substituents is 1. The van der Waals surface area contributed by atoms with Gasteiger partial charge in [-0.15, -0.1) is 0 Å². The fourth-order valence-electron chi connectivity index (χ4n) is 3.14. The van der Waals surface area contributed by atoms with Crippen LogP contribution >= 0.6 is 11.8 Å². The summed E-state index contributed by atoms with van der Waals surface area (Å²) in [6.45, 7) is 0.403. The Morgan fingerprint density at radius 1 is 1.00 bits per heavy atom. The lowest BCUT2D eigenvalue weighted by Crippen LogP contribution is -2.26. The SMILES string of the molecule is O=C(CSc1nc2ccccc2c(=O)n1-c1ccc([N+](=O)[O-])cc1)NCc1ccccc1. The zero-order valence-electron chi connectivity index (χ0n) is 16.8. The summed E-state index contributed by atoms with van der Waals surface area (Å²) in [6, 6.07) is 22.1. The van der Waals surface area contributed by atoms with Gasteiger partial charge in [0, 0.05) is 18.7 Å². The van der Waals surface area contributed by atoms with Gasteiger partial charge in [-0.1, -0.05) is 54.2 Å². The molecule has 1 heterocycles. The van der Waals surface area contributed by atoms with E-state index < -0.39 is 4.92 Å². The number of nitrogens with one attached hydrogen (secondary N) is 1. The Morgan fingerprint density at radius 2 is 1.69 bits per heavy atom. The summed E-state index contributed by atoms with van der Waals surface area (Å²) in [5.41, 5.74) is 1.55. The van der Waals surface area contributed by atoms with Gasteiger partial charge in [0.1, 0.15) is 0 Å². The fourth-order valence-corrected chi connectivity index (χ4v) is 3.98. The molecule has 0 saturated heterocycles. The minimum Gasteiger partial charge on any atom is -0.351 e. The van der Waals surface area contributed by atoms with Gasteiger partial charge in [-0.2, -0.15) is 0 Å². The van der Waals surface area contributed by atoms with Crippen LogP contribution in [0.5, 0.6) is 0 Å². The van der Waals surface area contributed by atoms with Crippen molar-refractivity contribution >= 4 is 34.3 Å². The number of aromatic nitrogens is 2. The van der Waals surface area contributed by atoms with Crippen molar-refractivity contribution in [2.24, 2.45) is 0 Å². The third kappa shape index (κ3) is 4.68. The van der Waals surface area contributed by atoms with Crippen molar-refractivity contribution in [1.82, 2.24) is 14.9 Å². The molecule has 160 valence electrons. The Bertz CT molecular complexity index is 1340. The molecule has 4 aromatic rings.